The highest BCUT2D eigenvalue weighted by atomic mass is 16.5. The number of carbonyl (C=O) groups excluding carboxylic acids is 1. The molecule has 3 nitrogen and oxygen atoms in total. The first kappa shape index (κ1) is 20.5. The standard InChI is InChI=1S/C25H32O3/c1-4-5-9-18(2)10-6-11-19-16-17-22-24(19)21-14-7-12-20(25(21)28-22)13-8-15-23(26)27-3/h6-7,11-12,14,18-19,22,24H,8-10,13,15-17H2,1-3H3/b11-6+/t18?,19?,22-,24-/m0/s1. The van der Waals surface area contributed by atoms with E-state index in [1.54, 1.807) is 0 Å². The van der Waals surface area contributed by atoms with Crippen molar-refractivity contribution in [3.63, 3.8) is 0 Å². The number of hydrogen-bond acceptors (Lipinski definition) is 3. The van der Waals surface area contributed by atoms with Gasteiger partial charge in [0.1, 0.15) is 11.9 Å². The minimum absolute atomic E-state index is 0.144. The van der Waals surface area contributed by atoms with Crippen LogP contribution in [0.2, 0.25) is 0 Å². The van der Waals surface area contributed by atoms with Gasteiger partial charge in [0.25, 0.3) is 0 Å². The van der Waals surface area contributed by atoms with E-state index in [0.717, 1.165) is 37.9 Å². The lowest BCUT2D eigenvalue weighted by Gasteiger charge is -2.15. The second kappa shape index (κ2) is 9.82. The van der Waals surface area contributed by atoms with Crippen LogP contribution in [0.25, 0.3) is 0 Å². The van der Waals surface area contributed by atoms with Crippen molar-refractivity contribution in [1.82, 2.24) is 0 Å². The van der Waals surface area contributed by atoms with E-state index in [-0.39, 0.29) is 5.97 Å². The van der Waals surface area contributed by atoms with Crippen molar-refractivity contribution in [3.8, 4) is 17.6 Å². The van der Waals surface area contributed by atoms with E-state index in [1.165, 1.54) is 24.7 Å². The molecular weight excluding hydrogens is 348 g/mol. The van der Waals surface area contributed by atoms with Crippen LogP contribution in [-0.4, -0.2) is 19.2 Å². The molecule has 3 heteroatoms. The third-order valence-electron chi connectivity index (χ3n) is 6.01. The average molecular weight is 381 g/mol. The van der Waals surface area contributed by atoms with Crippen molar-refractivity contribution in [2.45, 2.75) is 70.8 Å². The molecule has 0 amide bonds. The van der Waals surface area contributed by atoms with Crippen LogP contribution < -0.4 is 4.74 Å². The molecule has 1 aliphatic heterocycles. The molecule has 4 atom stereocenters. The van der Waals surface area contributed by atoms with Gasteiger partial charge in [0, 0.05) is 24.3 Å². The fourth-order valence-corrected chi connectivity index (χ4v) is 4.50. The summed E-state index contributed by atoms with van der Waals surface area (Å²) in [7, 11) is 1.44. The molecule has 0 saturated heterocycles. The number of rotatable bonds is 8. The molecule has 150 valence electrons. The Kier molecular flexibility index (Phi) is 7.20. The highest BCUT2D eigenvalue weighted by Gasteiger charge is 2.44. The Labute approximate surface area is 169 Å². The maximum atomic E-state index is 11.4. The number of para-hydroxylation sites is 1. The molecule has 1 heterocycles. The number of methoxy groups -OCH3 is 1. The minimum atomic E-state index is -0.144. The number of fused-ring (bicyclic) bond motifs is 3. The smallest absolute Gasteiger partial charge is 0.305 e. The monoisotopic (exact) mass is 380 g/mol. The summed E-state index contributed by atoms with van der Waals surface area (Å²) in [6.45, 7) is 4.17. The molecule has 2 aliphatic rings. The Morgan fingerprint density at radius 3 is 3.04 bits per heavy atom. The fourth-order valence-electron chi connectivity index (χ4n) is 4.50. The van der Waals surface area contributed by atoms with Crippen LogP contribution in [0.4, 0.5) is 0 Å². The SMILES string of the molecule is CC#CCC(C)C/C=C/C1CC[C@@H]2Oc3c(CCCC(=O)OC)cccc3[C@H]12. The third kappa shape index (κ3) is 4.79. The maximum Gasteiger partial charge on any atom is 0.305 e. The molecule has 0 radical (unpaired) electrons. The molecule has 0 aromatic heterocycles. The third-order valence-corrected chi connectivity index (χ3v) is 6.01. The van der Waals surface area contributed by atoms with Gasteiger partial charge in [0.15, 0.2) is 0 Å². The number of esters is 1. The normalized spacial score (nSPS) is 23.5. The molecule has 0 spiro atoms. The van der Waals surface area contributed by atoms with E-state index in [2.05, 4.69) is 49.1 Å². The van der Waals surface area contributed by atoms with Gasteiger partial charge in [-0.05, 0) is 56.4 Å². The van der Waals surface area contributed by atoms with E-state index < -0.39 is 0 Å². The van der Waals surface area contributed by atoms with Crippen LogP contribution >= 0.6 is 0 Å². The average Bonchev–Trinajstić information content (AvgIpc) is 3.26. The van der Waals surface area contributed by atoms with E-state index in [1.807, 2.05) is 6.92 Å². The van der Waals surface area contributed by atoms with Gasteiger partial charge in [0.05, 0.1) is 7.11 Å². The predicted molar refractivity (Wildman–Crippen MR) is 112 cm³/mol. The summed E-state index contributed by atoms with van der Waals surface area (Å²) >= 11 is 0. The first-order chi connectivity index (χ1) is 13.6. The van der Waals surface area contributed by atoms with Gasteiger partial charge < -0.3 is 9.47 Å². The van der Waals surface area contributed by atoms with Gasteiger partial charge in [-0.25, -0.2) is 0 Å². The zero-order valence-electron chi connectivity index (χ0n) is 17.4. The summed E-state index contributed by atoms with van der Waals surface area (Å²) in [6.07, 6.45) is 11.6. The number of benzene rings is 1. The summed E-state index contributed by atoms with van der Waals surface area (Å²) in [5.41, 5.74) is 2.59. The summed E-state index contributed by atoms with van der Waals surface area (Å²) in [5, 5.41) is 0. The van der Waals surface area contributed by atoms with E-state index in [9.17, 15) is 4.79 Å². The molecule has 0 N–H and O–H groups in total. The number of allylic oxidation sites excluding steroid dienone is 2. The first-order valence-electron chi connectivity index (χ1n) is 10.6. The van der Waals surface area contributed by atoms with Crippen molar-refractivity contribution in [3.05, 3.63) is 41.5 Å². The highest BCUT2D eigenvalue weighted by molar-refractivity contribution is 5.69. The molecular formula is C25H32O3. The molecule has 1 fully saturated rings. The van der Waals surface area contributed by atoms with Gasteiger partial charge in [-0.15, -0.1) is 11.8 Å². The Balaban J connectivity index is 1.64. The van der Waals surface area contributed by atoms with Crippen LogP contribution in [0.1, 0.15) is 69.4 Å². The molecule has 1 aromatic rings. The van der Waals surface area contributed by atoms with Crippen LogP contribution in [-0.2, 0) is 16.0 Å². The van der Waals surface area contributed by atoms with Crippen LogP contribution in [0.3, 0.4) is 0 Å². The van der Waals surface area contributed by atoms with Gasteiger partial charge in [-0.3, -0.25) is 4.79 Å². The minimum Gasteiger partial charge on any atom is -0.489 e. The first-order valence-corrected chi connectivity index (χ1v) is 10.6. The topological polar surface area (TPSA) is 35.5 Å². The molecule has 3 rings (SSSR count). The number of hydrogen-bond donors (Lipinski definition) is 0. The summed E-state index contributed by atoms with van der Waals surface area (Å²) in [6, 6.07) is 6.51. The Morgan fingerprint density at radius 2 is 2.25 bits per heavy atom. The largest absolute Gasteiger partial charge is 0.489 e. The lowest BCUT2D eigenvalue weighted by Crippen LogP contribution is -2.14. The lowest BCUT2D eigenvalue weighted by molar-refractivity contribution is -0.140. The van der Waals surface area contributed by atoms with E-state index in [4.69, 9.17) is 9.47 Å². The number of carbonyl (C=O) groups is 1. The van der Waals surface area contributed by atoms with E-state index in [0.29, 0.717) is 30.3 Å². The molecule has 2 unspecified atom stereocenters. The van der Waals surface area contributed by atoms with Crippen LogP contribution in [0, 0.1) is 23.7 Å². The number of ether oxygens (including phenoxy) is 2. The van der Waals surface area contributed by atoms with Crippen molar-refractivity contribution in [1.29, 1.82) is 0 Å². The number of aryl methyl sites for hydroxylation is 1. The second-order valence-corrected chi connectivity index (χ2v) is 8.09. The quantitative estimate of drug-likeness (QED) is 0.343. The maximum absolute atomic E-state index is 11.4. The predicted octanol–water partition coefficient (Wildman–Crippen LogP) is 5.43. The Bertz CT molecular complexity index is 768. The zero-order chi connectivity index (χ0) is 19.9. The molecule has 0 bridgehead atoms. The molecule has 1 saturated carbocycles. The summed E-state index contributed by atoms with van der Waals surface area (Å²) in [4.78, 5) is 11.4. The Morgan fingerprint density at radius 1 is 1.39 bits per heavy atom. The van der Waals surface area contributed by atoms with Gasteiger partial charge in [0.2, 0.25) is 0 Å². The van der Waals surface area contributed by atoms with Crippen molar-refractivity contribution >= 4 is 5.97 Å². The van der Waals surface area contributed by atoms with Crippen LogP contribution in [0.15, 0.2) is 30.4 Å². The molecule has 1 aromatic carbocycles. The summed E-state index contributed by atoms with van der Waals surface area (Å²) < 4.78 is 11.1. The van der Waals surface area contributed by atoms with Crippen molar-refractivity contribution < 1.29 is 14.3 Å². The van der Waals surface area contributed by atoms with Crippen molar-refractivity contribution in [2.75, 3.05) is 7.11 Å². The van der Waals surface area contributed by atoms with Crippen LogP contribution in [0.5, 0.6) is 5.75 Å². The fraction of sp³-hybridized carbons (Fsp3) is 0.560. The van der Waals surface area contributed by atoms with E-state index >= 15 is 0 Å². The zero-order valence-corrected chi connectivity index (χ0v) is 17.4. The second-order valence-electron chi connectivity index (χ2n) is 8.09. The van der Waals surface area contributed by atoms with Gasteiger partial charge in [-0.2, -0.15) is 0 Å². The summed E-state index contributed by atoms with van der Waals surface area (Å²) in [5.74, 6) is 8.73. The highest BCUT2D eigenvalue weighted by Crippen LogP contribution is 2.51. The Hall–Kier alpha value is -2.21. The van der Waals surface area contributed by atoms with Gasteiger partial charge in [-0.1, -0.05) is 37.3 Å². The molecule has 1 aliphatic carbocycles. The molecule has 28 heavy (non-hydrogen) atoms. The van der Waals surface area contributed by atoms with Crippen molar-refractivity contribution in [2.24, 2.45) is 11.8 Å². The lowest BCUT2D eigenvalue weighted by atomic mass is 9.87. The van der Waals surface area contributed by atoms with Gasteiger partial charge >= 0.3 is 5.97 Å².